The van der Waals surface area contributed by atoms with Crippen molar-refractivity contribution in [3.8, 4) is 33.6 Å². The summed E-state index contributed by atoms with van der Waals surface area (Å²) in [6.45, 7) is 4.72. The van der Waals surface area contributed by atoms with Gasteiger partial charge in [0.05, 0.1) is 22.1 Å². The van der Waals surface area contributed by atoms with E-state index in [4.69, 9.17) is 0 Å². The van der Waals surface area contributed by atoms with Crippen LogP contribution in [0.4, 0.5) is 17.1 Å². The number of para-hydroxylation sites is 4. The molecular formula is C57H41N3. The Morgan fingerprint density at radius 2 is 0.883 bits per heavy atom. The van der Waals surface area contributed by atoms with Gasteiger partial charge in [0, 0.05) is 55.4 Å². The van der Waals surface area contributed by atoms with Crippen LogP contribution >= 0.6 is 0 Å². The van der Waals surface area contributed by atoms with Gasteiger partial charge in [-0.05, 0) is 124 Å². The van der Waals surface area contributed by atoms with Crippen LogP contribution < -0.4 is 4.90 Å². The van der Waals surface area contributed by atoms with Gasteiger partial charge >= 0.3 is 0 Å². The zero-order valence-corrected chi connectivity index (χ0v) is 33.5. The number of hydrogen-bond acceptors (Lipinski definition) is 1. The molecule has 0 atom stereocenters. The standard InChI is InChI=1S/C57H41N3/c1-57(2)51-24-14-12-22-45(51)48-37-56-50(36-52(48)57)46-23-13-15-25-53(46)60(56)43-29-26-38(27-30-43)39-28-32-47-49-35-44(58(40-16-6-3-7-17-40)41-18-8-4-9-19-41)31-33-54(49)59(55(47)34-39)42-20-10-5-11-21-42/h3-37H,1-2H3. The normalized spacial score (nSPS) is 13.0. The Bertz CT molecular complexity index is 3390. The van der Waals surface area contributed by atoms with Crippen molar-refractivity contribution < 1.29 is 0 Å². The van der Waals surface area contributed by atoms with Crippen LogP contribution in [0.15, 0.2) is 212 Å². The van der Waals surface area contributed by atoms with Crippen molar-refractivity contribution in [1.82, 2.24) is 9.13 Å². The van der Waals surface area contributed by atoms with E-state index in [1.807, 2.05) is 0 Å². The van der Waals surface area contributed by atoms with Crippen molar-refractivity contribution in [2.75, 3.05) is 4.90 Å². The van der Waals surface area contributed by atoms with Gasteiger partial charge in [-0.3, -0.25) is 0 Å². The highest BCUT2D eigenvalue weighted by Crippen LogP contribution is 2.51. The first-order valence-corrected chi connectivity index (χ1v) is 20.9. The van der Waals surface area contributed by atoms with Gasteiger partial charge < -0.3 is 14.0 Å². The third-order valence-corrected chi connectivity index (χ3v) is 12.9. The quantitative estimate of drug-likeness (QED) is 0.164. The molecule has 3 nitrogen and oxygen atoms in total. The highest BCUT2D eigenvalue weighted by Gasteiger charge is 2.36. The van der Waals surface area contributed by atoms with Gasteiger partial charge in [-0.2, -0.15) is 0 Å². The summed E-state index contributed by atoms with van der Waals surface area (Å²) in [4.78, 5) is 2.34. The first-order valence-electron chi connectivity index (χ1n) is 20.9. The molecule has 0 spiro atoms. The molecule has 2 heterocycles. The average Bonchev–Trinajstić information content (AvgIpc) is 3.89. The predicted molar refractivity (Wildman–Crippen MR) is 253 cm³/mol. The molecule has 9 aromatic carbocycles. The predicted octanol–water partition coefficient (Wildman–Crippen LogP) is 15.3. The van der Waals surface area contributed by atoms with Crippen LogP contribution in [0.1, 0.15) is 25.0 Å². The van der Waals surface area contributed by atoms with E-state index < -0.39 is 0 Å². The van der Waals surface area contributed by atoms with E-state index in [9.17, 15) is 0 Å². The number of hydrogen-bond donors (Lipinski definition) is 0. The summed E-state index contributed by atoms with van der Waals surface area (Å²) in [6.07, 6.45) is 0. The largest absolute Gasteiger partial charge is 0.310 e. The molecular weight excluding hydrogens is 727 g/mol. The fourth-order valence-electron chi connectivity index (χ4n) is 10.0. The minimum atomic E-state index is -0.0503. The maximum Gasteiger partial charge on any atom is 0.0547 e. The molecule has 0 bridgehead atoms. The van der Waals surface area contributed by atoms with Crippen molar-refractivity contribution in [3.05, 3.63) is 223 Å². The lowest BCUT2D eigenvalue weighted by Crippen LogP contribution is -2.14. The van der Waals surface area contributed by atoms with E-state index in [2.05, 4.69) is 240 Å². The molecule has 60 heavy (non-hydrogen) atoms. The van der Waals surface area contributed by atoms with Crippen molar-refractivity contribution in [3.63, 3.8) is 0 Å². The summed E-state index contributed by atoms with van der Waals surface area (Å²) in [5.74, 6) is 0. The Balaban J connectivity index is 0.995. The summed E-state index contributed by atoms with van der Waals surface area (Å²) in [6, 6.07) is 77.7. The summed E-state index contributed by atoms with van der Waals surface area (Å²) < 4.78 is 4.86. The zero-order chi connectivity index (χ0) is 40.0. The zero-order valence-electron chi connectivity index (χ0n) is 33.5. The lowest BCUT2D eigenvalue weighted by atomic mass is 9.82. The Morgan fingerprint density at radius 1 is 0.333 bits per heavy atom. The maximum absolute atomic E-state index is 2.46. The topological polar surface area (TPSA) is 13.1 Å². The second-order valence-corrected chi connectivity index (χ2v) is 16.6. The summed E-state index contributed by atoms with van der Waals surface area (Å²) >= 11 is 0. The SMILES string of the molecule is CC1(C)c2ccccc2-c2cc3c(cc21)c1ccccc1n3-c1ccc(-c2ccc3c4cc(N(c5ccccc5)c5ccccc5)ccc4n(-c4ccccc4)c3c2)cc1. The molecule has 1 aliphatic rings. The molecule has 0 saturated heterocycles. The van der Waals surface area contributed by atoms with E-state index in [1.165, 1.54) is 77.0 Å². The Morgan fingerprint density at radius 3 is 1.62 bits per heavy atom. The van der Waals surface area contributed by atoms with Gasteiger partial charge in [0.15, 0.2) is 0 Å². The fraction of sp³-hybridized carbons (Fsp3) is 0.0526. The molecule has 0 radical (unpaired) electrons. The Kier molecular flexibility index (Phi) is 7.58. The van der Waals surface area contributed by atoms with Gasteiger partial charge in [0.25, 0.3) is 0 Å². The van der Waals surface area contributed by atoms with Crippen molar-refractivity contribution in [2.24, 2.45) is 0 Å². The van der Waals surface area contributed by atoms with Crippen LogP contribution in [-0.2, 0) is 5.41 Å². The van der Waals surface area contributed by atoms with Crippen LogP contribution in [-0.4, -0.2) is 9.13 Å². The Labute approximate surface area is 349 Å². The number of anilines is 3. The second-order valence-electron chi connectivity index (χ2n) is 16.6. The van der Waals surface area contributed by atoms with Gasteiger partial charge in [0.1, 0.15) is 0 Å². The molecule has 284 valence electrons. The molecule has 0 saturated carbocycles. The smallest absolute Gasteiger partial charge is 0.0547 e. The second kappa shape index (κ2) is 13.2. The maximum atomic E-state index is 2.46. The number of aromatic nitrogens is 2. The van der Waals surface area contributed by atoms with Crippen LogP contribution in [0, 0.1) is 0 Å². The third kappa shape index (κ3) is 5.15. The van der Waals surface area contributed by atoms with Crippen LogP contribution in [0.25, 0.3) is 77.2 Å². The molecule has 0 amide bonds. The number of nitrogens with zero attached hydrogens (tertiary/aromatic N) is 3. The van der Waals surface area contributed by atoms with E-state index in [-0.39, 0.29) is 5.41 Å². The van der Waals surface area contributed by atoms with Crippen LogP contribution in [0.2, 0.25) is 0 Å². The number of rotatable bonds is 6. The summed E-state index contributed by atoms with van der Waals surface area (Å²) in [5, 5.41) is 5.02. The summed E-state index contributed by atoms with van der Waals surface area (Å²) in [7, 11) is 0. The van der Waals surface area contributed by atoms with Crippen LogP contribution in [0.5, 0.6) is 0 Å². The Hall–Kier alpha value is -7.62. The molecule has 0 N–H and O–H groups in total. The van der Waals surface area contributed by atoms with Crippen LogP contribution in [0.3, 0.4) is 0 Å². The molecule has 1 aliphatic carbocycles. The lowest BCUT2D eigenvalue weighted by Gasteiger charge is -2.25. The molecule has 3 heteroatoms. The first-order chi connectivity index (χ1) is 29.5. The number of benzene rings is 9. The van der Waals surface area contributed by atoms with Gasteiger partial charge in [0.2, 0.25) is 0 Å². The van der Waals surface area contributed by atoms with E-state index in [0.29, 0.717) is 0 Å². The van der Waals surface area contributed by atoms with E-state index in [0.717, 1.165) is 28.4 Å². The van der Waals surface area contributed by atoms with Crippen molar-refractivity contribution >= 4 is 60.7 Å². The molecule has 0 unspecified atom stereocenters. The van der Waals surface area contributed by atoms with Crippen molar-refractivity contribution in [2.45, 2.75) is 19.3 Å². The first kappa shape index (κ1) is 34.4. The third-order valence-electron chi connectivity index (χ3n) is 12.9. The molecule has 12 rings (SSSR count). The minimum Gasteiger partial charge on any atom is -0.310 e. The van der Waals surface area contributed by atoms with Gasteiger partial charge in [-0.1, -0.05) is 135 Å². The van der Waals surface area contributed by atoms with Crippen molar-refractivity contribution in [1.29, 1.82) is 0 Å². The lowest BCUT2D eigenvalue weighted by molar-refractivity contribution is 0.661. The monoisotopic (exact) mass is 767 g/mol. The highest BCUT2D eigenvalue weighted by molar-refractivity contribution is 6.13. The molecule has 11 aromatic rings. The molecule has 0 aliphatic heterocycles. The van der Waals surface area contributed by atoms with Gasteiger partial charge in [-0.15, -0.1) is 0 Å². The van der Waals surface area contributed by atoms with E-state index >= 15 is 0 Å². The number of fused-ring (bicyclic) bond motifs is 9. The summed E-state index contributed by atoms with van der Waals surface area (Å²) in [5.41, 5.74) is 18.3. The highest BCUT2D eigenvalue weighted by atomic mass is 15.1. The van der Waals surface area contributed by atoms with Gasteiger partial charge in [-0.25, -0.2) is 0 Å². The van der Waals surface area contributed by atoms with E-state index in [1.54, 1.807) is 0 Å². The molecule has 0 fully saturated rings. The average molecular weight is 768 g/mol. The fourth-order valence-corrected chi connectivity index (χ4v) is 10.0. The minimum absolute atomic E-state index is 0.0503. The molecule has 2 aromatic heterocycles.